The first-order valence-electron chi connectivity index (χ1n) is 7.39. The van der Waals surface area contributed by atoms with Gasteiger partial charge in [0.15, 0.2) is 18.9 Å². The van der Waals surface area contributed by atoms with Crippen molar-refractivity contribution in [3.63, 3.8) is 0 Å². The lowest BCUT2D eigenvalue weighted by Gasteiger charge is -2.20. The van der Waals surface area contributed by atoms with Gasteiger partial charge in [-0.2, -0.15) is 0 Å². The topological polar surface area (TPSA) is 75.6 Å². The van der Waals surface area contributed by atoms with E-state index in [0.717, 1.165) is 5.56 Å². The van der Waals surface area contributed by atoms with Crippen LogP contribution in [0.1, 0.15) is 35.6 Å². The molecule has 0 atom stereocenters. The molecule has 1 N–H and O–H groups in total. The SMILES string of the molecule is Oc1c(C2OCCO2)cc(C2OCCO2)cc1C1OCCO1. The molecule has 0 aromatic heterocycles. The molecule has 3 aliphatic rings. The van der Waals surface area contributed by atoms with Gasteiger partial charge in [0.2, 0.25) is 0 Å². The Hall–Kier alpha value is -1.22. The number of hydrogen-bond acceptors (Lipinski definition) is 7. The molecule has 7 heteroatoms. The van der Waals surface area contributed by atoms with Gasteiger partial charge >= 0.3 is 0 Å². The quantitative estimate of drug-likeness (QED) is 0.907. The van der Waals surface area contributed by atoms with E-state index < -0.39 is 18.9 Å². The van der Waals surface area contributed by atoms with Gasteiger partial charge in [0.05, 0.1) is 50.8 Å². The molecule has 0 bridgehead atoms. The molecule has 1 aromatic carbocycles. The predicted molar refractivity (Wildman–Crippen MR) is 72.0 cm³/mol. The Kier molecular flexibility index (Phi) is 4.00. The summed E-state index contributed by atoms with van der Waals surface area (Å²) in [5.41, 5.74) is 1.88. The van der Waals surface area contributed by atoms with Gasteiger partial charge in [-0.15, -0.1) is 0 Å². The van der Waals surface area contributed by atoms with Crippen molar-refractivity contribution in [1.82, 2.24) is 0 Å². The van der Waals surface area contributed by atoms with Crippen LogP contribution < -0.4 is 0 Å². The summed E-state index contributed by atoms with van der Waals surface area (Å²) in [6.45, 7) is 3.08. The summed E-state index contributed by atoms with van der Waals surface area (Å²) in [6.07, 6.45) is -1.65. The van der Waals surface area contributed by atoms with Gasteiger partial charge in [-0.1, -0.05) is 0 Å². The molecule has 0 unspecified atom stereocenters. The van der Waals surface area contributed by atoms with Crippen molar-refractivity contribution in [2.24, 2.45) is 0 Å². The fourth-order valence-electron chi connectivity index (χ4n) is 2.83. The fraction of sp³-hybridized carbons (Fsp3) is 0.600. The molecule has 0 aliphatic carbocycles. The van der Waals surface area contributed by atoms with Crippen molar-refractivity contribution >= 4 is 0 Å². The van der Waals surface area contributed by atoms with Crippen LogP contribution in [0.15, 0.2) is 12.1 Å². The molecule has 7 nitrogen and oxygen atoms in total. The van der Waals surface area contributed by atoms with Crippen molar-refractivity contribution in [2.75, 3.05) is 39.6 Å². The van der Waals surface area contributed by atoms with Crippen molar-refractivity contribution in [2.45, 2.75) is 18.9 Å². The van der Waals surface area contributed by atoms with E-state index in [-0.39, 0.29) is 5.75 Å². The van der Waals surface area contributed by atoms with Gasteiger partial charge < -0.3 is 33.5 Å². The minimum absolute atomic E-state index is 0.0700. The fourth-order valence-corrected chi connectivity index (χ4v) is 2.83. The van der Waals surface area contributed by atoms with E-state index in [0.29, 0.717) is 50.8 Å². The van der Waals surface area contributed by atoms with Crippen molar-refractivity contribution < 1.29 is 33.5 Å². The van der Waals surface area contributed by atoms with E-state index in [1.54, 1.807) is 12.1 Å². The largest absolute Gasteiger partial charge is 0.507 e. The summed E-state index contributed by atoms with van der Waals surface area (Å²) >= 11 is 0. The molecule has 3 heterocycles. The second kappa shape index (κ2) is 6.11. The Bertz CT molecular complexity index is 492. The third-order valence-corrected chi connectivity index (χ3v) is 3.84. The zero-order valence-corrected chi connectivity index (χ0v) is 12.0. The Balaban J connectivity index is 1.74. The number of ether oxygens (including phenoxy) is 6. The van der Waals surface area contributed by atoms with Crippen LogP contribution in [0.4, 0.5) is 0 Å². The highest BCUT2D eigenvalue weighted by Crippen LogP contribution is 2.41. The summed E-state index contributed by atoms with van der Waals surface area (Å²) < 4.78 is 33.1. The first-order chi connectivity index (χ1) is 10.8. The first kappa shape index (κ1) is 14.4. The second-order valence-corrected chi connectivity index (χ2v) is 5.27. The van der Waals surface area contributed by atoms with E-state index in [9.17, 15) is 5.11 Å². The van der Waals surface area contributed by atoms with Crippen LogP contribution in [0, 0.1) is 0 Å². The zero-order chi connectivity index (χ0) is 14.9. The maximum absolute atomic E-state index is 10.6. The lowest BCUT2D eigenvalue weighted by atomic mass is 10.0. The van der Waals surface area contributed by atoms with Crippen LogP contribution >= 0.6 is 0 Å². The molecule has 120 valence electrons. The van der Waals surface area contributed by atoms with Crippen LogP contribution in [-0.2, 0) is 28.4 Å². The Morgan fingerprint density at radius 1 is 0.636 bits per heavy atom. The highest BCUT2D eigenvalue weighted by molar-refractivity contribution is 5.46. The van der Waals surface area contributed by atoms with Gasteiger partial charge in [-0.05, 0) is 12.1 Å². The molecule has 3 aliphatic heterocycles. The average Bonchev–Trinajstić information content (AvgIpc) is 3.29. The number of aromatic hydroxyl groups is 1. The number of phenolic OH excluding ortho intramolecular Hbond substituents is 1. The monoisotopic (exact) mass is 310 g/mol. The van der Waals surface area contributed by atoms with Crippen LogP contribution in [0.5, 0.6) is 5.75 Å². The number of hydrogen-bond donors (Lipinski definition) is 1. The van der Waals surface area contributed by atoms with Crippen molar-refractivity contribution in [3.8, 4) is 5.75 Å². The van der Waals surface area contributed by atoms with Crippen LogP contribution in [0.3, 0.4) is 0 Å². The number of phenols is 1. The van der Waals surface area contributed by atoms with Gasteiger partial charge in [0.1, 0.15) is 5.75 Å². The highest BCUT2D eigenvalue weighted by Gasteiger charge is 2.31. The van der Waals surface area contributed by atoms with E-state index in [2.05, 4.69) is 0 Å². The maximum Gasteiger partial charge on any atom is 0.187 e. The summed E-state index contributed by atoms with van der Waals surface area (Å²) in [4.78, 5) is 0. The molecule has 1 aromatic rings. The standard InChI is InChI=1S/C15H18O7/c16-12-10(14-19-3-4-20-14)7-9(13-17-1-2-18-13)8-11(12)15-21-5-6-22-15/h7-8,13-16H,1-6H2. The third-order valence-electron chi connectivity index (χ3n) is 3.84. The predicted octanol–water partition coefficient (Wildman–Crippen LogP) is 1.53. The van der Waals surface area contributed by atoms with E-state index in [4.69, 9.17) is 28.4 Å². The number of benzene rings is 1. The van der Waals surface area contributed by atoms with Crippen molar-refractivity contribution in [3.05, 3.63) is 28.8 Å². The number of rotatable bonds is 3. The molecular weight excluding hydrogens is 292 g/mol. The summed E-state index contributed by atoms with van der Waals surface area (Å²) in [5.74, 6) is 0.0700. The Morgan fingerprint density at radius 3 is 1.41 bits per heavy atom. The molecule has 0 saturated carbocycles. The van der Waals surface area contributed by atoms with Gasteiger partial charge in [0, 0.05) is 5.56 Å². The van der Waals surface area contributed by atoms with Crippen LogP contribution in [0.25, 0.3) is 0 Å². The molecule has 22 heavy (non-hydrogen) atoms. The molecule has 0 radical (unpaired) electrons. The molecular formula is C15H18O7. The maximum atomic E-state index is 10.6. The van der Waals surface area contributed by atoms with Gasteiger partial charge in [0.25, 0.3) is 0 Å². The highest BCUT2D eigenvalue weighted by atomic mass is 16.7. The van der Waals surface area contributed by atoms with E-state index in [1.807, 2.05) is 0 Å². The van der Waals surface area contributed by atoms with Gasteiger partial charge in [-0.3, -0.25) is 0 Å². The lowest BCUT2D eigenvalue weighted by molar-refractivity contribution is -0.0562. The molecule has 4 rings (SSSR count). The molecule has 0 amide bonds. The van der Waals surface area contributed by atoms with E-state index in [1.165, 1.54) is 0 Å². The molecule has 3 saturated heterocycles. The normalized spacial score (nSPS) is 24.5. The second-order valence-electron chi connectivity index (χ2n) is 5.27. The van der Waals surface area contributed by atoms with Crippen LogP contribution in [-0.4, -0.2) is 44.7 Å². The molecule has 0 spiro atoms. The summed E-state index contributed by atoms with van der Waals surface area (Å²) in [7, 11) is 0. The minimum Gasteiger partial charge on any atom is -0.507 e. The smallest absolute Gasteiger partial charge is 0.187 e. The first-order valence-corrected chi connectivity index (χ1v) is 7.39. The zero-order valence-electron chi connectivity index (χ0n) is 12.0. The van der Waals surface area contributed by atoms with E-state index >= 15 is 0 Å². The van der Waals surface area contributed by atoms with Crippen LogP contribution in [0.2, 0.25) is 0 Å². The lowest BCUT2D eigenvalue weighted by Crippen LogP contribution is -2.08. The summed E-state index contributed by atoms with van der Waals surface area (Å²) in [5, 5.41) is 10.6. The third kappa shape index (κ3) is 2.60. The average molecular weight is 310 g/mol. The Labute approximate surface area is 127 Å². The van der Waals surface area contributed by atoms with Gasteiger partial charge in [-0.25, -0.2) is 0 Å². The summed E-state index contributed by atoms with van der Waals surface area (Å²) in [6, 6.07) is 3.58. The molecule has 3 fully saturated rings. The van der Waals surface area contributed by atoms with Crippen molar-refractivity contribution in [1.29, 1.82) is 0 Å². The minimum atomic E-state index is -0.596. The Morgan fingerprint density at radius 2 is 1.00 bits per heavy atom.